The summed E-state index contributed by atoms with van der Waals surface area (Å²) in [5.74, 6) is 1.72. The molecule has 0 radical (unpaired) electrons. The van der Waals surface area contributed by atoms with Crippen molar-refractivity contribution in [1.82, 2.24) is 5.32 Å². The van der Waals surface area contributed by atoms with Gasteiger partial charge in [-0.15, -0.1) is 0 Å². The molecule has 0 aromatic rings. The molecule has 72 valence electrons. The van der Waals surface area contributed by atoms with E-state index in [1.54, 1.807) is 0 Å². The maximum atomic E-state index is 3.57. The fraction of sp³-hybridized carbons (Fsp3) is 1.00. The van der Waals surface area contributed by atoms with Gasteiger partial charge in [0.1, 0.15) is 0 Å². The summed E-state index contributed by atoms with van der Waals surface area (Å²) in [6, 6.07) is 0.733. The van der Waals surface area contributed by atoms with E-state index in [2.05, 4.69) is 39.9 Å². The monoisotopic (exact) mass is 169 g/mol. The van der Waals surface area contributed by atoms with E-state index in [-0.39, 0.29) is 0 Å². The van der Waals surface area contributed by atoms with E-state index in [0.717, 1.165) is 17.9 Å². The summed E-state index contributed by atoms with van der Waals surface area (Å²) in [6.07, 6.45) is 2.62. The fourth-order valence-electron chi connectivity index (χ4n) is 2.55. The third-order valence-corrected chi connectivity index (χ3v) is 3.88. The second kappa shape index (κ2) is 3.37. The minimum Gasteiger partial charge on any atom is -0.305 e. The highest BCUT2D eigenvalue weighted by Gasteiger charge is 2.51. The van der Waals surface area contributed by atoms with Gasteiger partial charge in [-0.25, -0.2) is 0 Å². The molecule has 4 unspecified atom stereocenters. The Kier molecular flexibility index (Phi) is 2.82. The Labute approximate surface area is 76.9 Å². The molecule has 1 heteroatoms. The summed E-state index contributed by atoms with van der Waals surface area (Å²) in [7, 11) is 0. The number of nitrogens with one attached hydrogen (secondary N) is 1. The van der Waals surface area contributed by atoms with E-state index in [1.807, 2.05) is 0 Å². The van der Waals surface area contributed by atoms with Gasteiger partial charge in [-0.05, 0) is 25.7 Å². The third-order valence-electron chi connectivity index (χ3n) is 3.88. The lowest BCUT2D eigenvalue weighted by Gasteiger charge is -2.27. The highest BCUT2D eigenvalue weighted by Crippen LogP contribution is 2.40. The molecule has 0 bridgehead atoms. The highest BCUT2D eigenvalue weighted by molar-refractivity contribution is 5.12. The maximum Gasteiger partial charge on any atom is 0.0338 e. The first-order valence-electron chi connectivity index (χ1n) is 5.33. The molecule has 1 saturated heterocycles. The zero-order valence-corrected chi connectivity index (χ0v) is 9.15. The Morgan fingerprint density at radius 1 is 1.33 bits per heavy atom. The van der Waals surface area contributed by atoms with E-state index in [4.69, 9.17) is 0 Å². The first-order chi connectivity index (χ1) is 5.56. The molecule has 1 aliphatic heterocycles. The first kappa shape index (κ1) is 10.0. The molecular formula is C11H23N. The van der Waals surface area contributed by atoms with Crippen LogP contribution >= 0.6 is 0 Å². The standard InChI is InChI=1S/C11H23N/c1-6-8(3)10(7-2)11(5)9(4)12-11/h8-10,12H,6-7H2,1-5H3. The molecule has 0 aromatic heterocycles. The van der Waals surface area contributed by atoms with Crippen LogP contribution in [0.15, 0.2) is 0 Å². The van der Waals surface area contributed by atoms with Gasteiger partial charge in [0.2, 0.25) is 0 Å². The third kappa shape index (κ3) is 1.52. The molecule has 0 amide bonds. The molecule has 0 saturated carbocycles. The van der Waals surface area contributed by atoms with Gasteiger partial charge in [0, 0.05) is 11.6 Å². The van der Waals surface area contributed by atoms with E-state index in [1.165, 1.54) is 12.8 Å². The summed E-state index contributed by atoms with van der Waals surface area (Å²) in [5.41, 5.74) is 0.449. The Morgan fingerprint density at radius 3 is 2.08 bits per heavy atom. The molecule has 0 spiro atoms. The molecule has 0 aromatic carbocycles. The van der Waals surface area contributed by atoms with Crippen LogP contribution in [0.25, 0.3) is 0 Å². The van der Waals surface area contributed by atoms with Crippen LogP contribution in [0.3, 0.4) is 0 Å². The van der Waals surface area contributed by atoms with Crippen molar-refractivity contribution in [3.63, 3.8) is 0 Å². The van der Waals surface area contributed by atoms with E-state index >= 15 is 0 Å². The van der Waals surface area contributed by atoms with Crippen molar-refractivity contribution in [1.29, 1.82) is 0 Å². The predicted octanol–water partition coefficient (Wildman–Crippen LogP) is 2.81. The van der Waals surface area contributed by atoms with Gasteiger partial charge >= 0.3 is 0 Å². The summed E-state index contributed by atoms with van der Waals surface area (Å²) in [5, 5.41) is 3.57. The lowest BCUT2D eigenvalue weighted by atomic mass is 9.78. The van der Waals surface area contributed by atoms with Crippen LogP contribution in [0.1, 0.15) is 47.5 Å². The molecular weight excluding hydrogens is 146 g/mol. The Morgan fingerprint density at radius 2 is 1.83 bits per heavy atom. The number of hydrogen-bond acceptors (Lipinski definition) is 1. The van der Waals surface area contributed by atoms with Crippen molar-refractivity contribution < 1.29 is 0 Å². The zero-order valence-electron chi connectivity index (χ0n) is 9.15. The van der Waals surface area contributed by atoms with Crippen LogP contribution in [-0.2, 0) is 0 Å². The van der Waals surface area contributed by atoms with Crippen LogP contribution in [0.4, 0.5) is 0 Å². The number of hydrogen-bond donors (Lipinski definition) is 1. The van der Waals surface area contributed by atoms with E-state index in [9.17, 15) is 0 Å². The molecule has 1 nitrogen and oxygen atoms in total. The van der Waals surface area contributed by atoms with E-state index in [0.29, 0.717) is 5.54 Å². The van der Waals surface area contributed by atoms with Gasteiger partial charge in [0.25, 0.3) is 0 Å². The van der Waals surface area contributed by atoms with Crippen LogP contribution in [0, 0.1) is 11.8 Å². The van der Waals surface area contributed by atoms with Gasteiger partial charge in [0.05, 0.1) is 0 Å². The van der Waals surface area contributed by atoms with Crippen molar-refractivity contribution in [3.05, 3.63) is 0 Å². The Hall–Kier alpha value is -0.0400. The largest absolute Gasteiger partial charge is 0.305 e. The second-order valence-electron chi connectivity index (χ2n) is 4.55. The zero-order chi connectivity index (χ0) is 9.35. The van der Waals surface area contributed by atoms with Crippen molar-refractivity contribution in [3.8, 4) is 0 Å². The average molecular weight is 169 g/mol. The fourth-order valence-corrected chi connectivity index (χ4v) is 2.55. The van der Waals surface area contributed by atoms with Crippen LogP contribution in [0.2, 0.25) is 0 Å². The summed E-state index contributed by atoms with van der Waals surface area (Å²) in [6.45, 7) is 11.7. The minimum absolute atomic E-state index is 0.449. The van der Waals surface area contributed by atoms with E-state index < -0.39 is 0 Å². The SMILES string of the molecule is CCC(C)C(CC)C1(C)NC1C. The number of rotatable bonds is 4. The quantitative estimate of drug-likeness (QED) is 0.642. The lowest BCUT2D eigenvalue weighted by Crippen LogP contribution is -2.29. The molecule has 1 aliphatic rings. The minimum atomic E-state index is 0.449. The predicted molar refractivity (Wildman–Crippen MR) is 54.2 cm³/mol. The molecule has 1 fully saturated rings. The first-order valence-corrected chi connectivity index (χ1v) is 5.33. The van der Waals surface area contributed by atoms with Crippen molar-refractivity contribution >= 4 is 0 Å². The van der Waals surface area contributed by atoms with Gasteiger partial charge < -0.3 is 5.32 Å². The van der Waals surface area contributed by atoms with Gasteiger partial charge in [-0.1, -0.05) is 33.6 Å². The van der Waals surface area contributed by atoms with Gasteiger partial charge in [-0.3, -0.25) is 0 Å². The van der Waals surface area contributed by atoms with Crippen molar-refractivity contribution in [2.45, 2.75) is 59.0 Å². The molecule has 12 heavy (non-hydrogen) atoms. The lowest BCUT2D eigenvalue weighted by molar-refractivity contribution is 0.268. The Bertz CT molecular complexity index is 155. The van der Waals surface area contributed by atoms with Gasteiger partial charge in [-0.2, -0.15) is 0 Å². The molecule has 0 aliphatic carbocycles. The summed E-state index contributed by atoms with van der Waals surface area (Å²) < 4.78 is 0. The van der Waals surface area contributed by atoms with Crippen LogP contribution < -0.4 is 5.32 Å². The van der Waals surface area contributed by atoms with Crippen molar-refractivity contribution in [2.24, 2.45) is 11.8 Å². The maximum absolute atomic E-state index is 3.57. The smallest absolute Gasteiger partial charge is 0.0338 e. The molecule has 1 N–H and O–H groups in total. The van der Waals surface area contributed by atoms with Crippen LogP contribution in [-0.4, -0.2) is 11.6 Å². The normalized spacial score (nSPS) is 39.2. The van der Waals surface area contributed by atoms with Crippen molar-refractivity contribution in [2.75, 3.05) is 0 Å². The average Bonchev–Trinajstić information content (AvgIpc) is 2.61. The second-order valence-corrected chi connectivity index (χ2v) is 4.55. The molecule has 1 heterocycles. The Balaban J connectivity index is 2.57. The summed E-state index contributed by atoms with van der Waals surface area (Å²) >= 11 is 0. The molecule has 4 atom stereocenters. The molecule has 1 rings (SSSR count). The summed E-state index contributed by atoms with van der Waals surface area (Å²) in [4.78, 5) is 0. The topological polar surface area (TPSA) is 21.9 Å². The highest BCUT2D eigenvalue weighted by atomic mass is 15.2. The van der Waals surface area contributed by atoms with Gasteiger partial charge in [0.15, 0.2) is 0 Å². The van der Waals surface area contributed by atoms with Crippen LogP contribution in [0.5, 0.6) is 0 Å².